The molecule has 0 radical (unpaired) electrons. The second kappa shape index (κ2) is 5.60. The van der Waals surface area contributed by atoms with E-state index in [-0.39, 0.29) is 25.9 Å². The molecule has 112 valence electrons. The fraction of sp³-hybridized carbons (Fsp3) is 0.538. The lowest BCUT2D eigenvalue weighted by Gasteiger charge is -2.36. The van der Waals surface area contributed by atoms with Crippen LogP contribution in [0.15, 0.2) is 24.3 Å². The lowest BCUT2D eigenvalue weighted by Crippen LogP contribution is -2.47. The third-order valence-electron chi connectivity index (χ3n) is 3.66. The SMILES string of the molecule is CN(C)S(=O)(=O)N1CCC(F)(c2ccc(Cl)cc2)CC1. The molecular formula is C13H18ClFN2O2S. The number of rotatable bonds is 3. The van der Waals surface area contributed by atoms with Gasteiger partial charge in [0.2, 0.25) is 0 Å². The summed E-state index contributed by atoms with van der Waals surface area (Å²) in [6.07, 6.45) is 0.309. The number of nitrogens with zero attached hydrogens (tertiary/aromatic N) is 2. The van der Waals surface area contributed by atoms with Gasteiger partial charge in [-0.3, -0.25) is 0 Å². The number of halogens is 2. The molecule has 7 heteroatoms. The van der Waals surface area contributed by atoms with Crippen molar-refractivity contribution in [2.24, 2.45) is 0 Å². The fourth-order valence-corrected chi connectivity index (χ4v) is 3.57. The molecule has 1 aromatic carbocycles. The van der Waals surface area contributed by atoms with Crippen molar-refractivity contribution in [1.82, 2.24) is 8.61 Å². The number of benzene rings is 1. The first-order chi connectivity index (χ1) is 9.25. The van der Waals surface area contributed by atoms with E-state index < -0.39 is 15.9 Å². The minimum Gasteiger partial charge on any atom is -0.239 e. The Balaban J connectivity index is 2.12. The molecule has 2 rings (SSSR count). The molecule has 0 aliphatic carbocycles. The van der Waals surface area contributed by atoms with Crippen LogP contribution in [0.2, 0.25) is 5.02 Å². The topological polar surface area (TPSA) is 40.6 Å². The molecular weight excluding hydrogens is 303 g/mol. The molecule has 0 saturated carbocycles. The van der Waals surface area contributed by atoms with E-state index in [1.165, 1.54) is 18.4 Å². The third kappa shape index (κ3) is 2.98. The standard InChI is InChI=1S/C13H18ClFN2O2S/c1-16(2)20(18,19)17-9-7-13(15,8-10-17)11-3-5-12(14)6-4-11/h3-6H,7-10H2,1-2H3. The second-order valence-electron chi connectivity index (χ2n) is 5.16. The van der Waals surface area contributed by atoms with Gasteiger partial charge < -0.3 is 0 Å². The molecule has 0 unspecified atom stereocenters. The smallest absolute Gasteiger partial charge is 0.239 e. The van der Waals surface area contributed by atoms with Gasteiger partial charge in [-0.2, -0.15) is 17.0 Å². The highest BCUT2D eigenvalue weighted by molar-refractivity contribution is 7.86. The van der Waals surface area contributed by atoms with E-state index in [1.54, 1.807) is 24.3 Å². The normalized spacial score (nSPS) is 20.2. The van der Waals surface area contributed by atoms with Gasteiger partial charge in [-0.15, -0.1) is 0 Å². The van der Waals surface area contributed by atoms with Gasteiger partial charge in [-0.1, -0.05) is 23.7 Å². The molecule has 0 atom stereocenters. The maximum atomic E-state index is 14.9. The molecule has 0 bridgehead atoms. The zero-order valence-electron chi connectivity index (χ0n) is 11.5. The Bertz CT molecular complexity index is 567. The molecule has 4 nitrogen and oxygen atoms in total. The van der Waals surface area contributed by atoms with Crippen molar-refractivity contribution < 1.29 is 12.8 Å². The maximum absolute atomic E-state index is 14.9. The van der Waals surface area contributed by atoms with Crippen LogP contribution in [0.5, 0.6) is 0 Å². The zero-order chi connectivity index (χ0) is 15.0. The van der Waals surface area contributed by atoms with Gasteiger partial charge in [0.25, 0.3) is 10.2 Å². The summed E-state index contributed by atoms with van der Waals surface area (Å²) in [4.78, 5) is 0. The van der Waals surface area contributed by atoms with E-state index in [0.717, 1.165) is 4.31 Å². The molecule has 0 spiro atoms. The van der Waals surface area contributed by atoms with Gasteiger partial charge in [0.1, 0.15) is 5.67 Å². The first-order valence-corrected chi connectivity index (χ1v) is 8.16. The quantitative estimate of drug-likeness (QED) is 0.858. The molecule has 1 fully saturated rings. The summed E-state index contributed by atoms with van der Waals surface area (Å²) in [5, 5.41) is 0.560. The molecule has 0 amide bonds. The monoisotopic (exact) mass is 320 g/mol. The van der Waals surface area contributed by atoms with Crippen molar-refractivity contribution >= 4 is 21.8 Å². The fourth-order valence-electron chi connectivity index (χ4n) is 2.34. The van der Waals surface area contributed by atoms with Gasteiger partial charge in [0.15, 0.2) is 0 Å². The number of alkyl halides is 1. The molecule has 1 aromatic rings. The van der Waals surface area contributed by atoms with E-state index >= 15 is 0 Å². The van der Waals surface area contributed by atoms with Crippen molar-refractivity contribution in [1.29, 1.82) is 0 Å². The van der Waals surface area contributed by atoms with E-state index in [2.05, 4.69) is 0 Å². The molecule has 1 aliphatic rings. The molecule has 0 N–H and O–H groups in total. The van der Waals surface area contributed by atoms with Crippen LogP contribution in [-0.4, -0.2) is 44.2 Å². The van der Waals surface area contributed by atoms with Gasteiger partial charge in [0, 0.05) is 32.2 Å². The van der Waals surface area contributed by atoms with Gasteiger partial charge >= 0.3 is 0 Å². The Morgan fingerprint density at radius 2 is 1.70 bits per heavy atom. The van der Waals surface area contributed by atoms with Gasteiger partial charge in [0.05, 0.1) is 0 Å². The van der Waals surface area contributed by atoms with Gasteiger partial charge in [-0.05, 0) is 30.5 Å². The average molecular weight is 321 g/mol. The van der Waals surface area contributed by atoms with E-state index in [1.807, 2.05) is 0 Å². The van der Waals surface area contributed by atoms with Crippen LogP contribution in [0.3, 0.4) is 0 Å². The summed E-state index contributed by atoms with van der Waals surface area (Å²) in [6.45, 7) is 0.360. The summed E-state index contributed by atoms with van der Waals surface area (Å²) >= 11 is 5.80. The van der Waals surface area contributed by atoms with Crippen LogP contribution >= 0.6 is 11.6 Å². The number of hydrogen-bond acceptors (Lipinski definition) is 2. The van der Waals surface area contributed by atoms with Crippen molar-refractivity contribution in [2.45, 2.75) is 18.5 Å². The van der Waals surface area contributed by atoms with E-state index in [0.29, 0.717) is 10.6 Å². The Kier molecular flexibility index (Phi) is 4.39. The lowest BCUT2D eigenvalue weighted by molar-refractivity contribution is 0.0852. The van der Waals surface area contributed by atoms with Crippen molar-refractivity contribution in [3.05, 3.63) is 34.9 Å². The minimum atomic E-state index is -3.46. The Hall–Kier alpha value is -0.690. The van der Waals surface area contributed by atoms with Crippen molar-refractivity contribution in [3.8, 4) is 0 Å². The Labute approximate surface area is 124 Å². The van der Waals surface area contributed by atoms with Crippen LogP contribution in [0.4, 0.5) is 4.39 Å². The largest absolute Gasteiger partial charge is 0.281 e. The van der Waals surface area contributed by atoms with Crippen molar-refractivity contribution in [2.75, 3.05) is 27.2 Å². The predicted octanol–water partition coefficient (Wildman–Crippen LogP) is 2.41. The predicted molar refractivity (Wildman–Crippen MR) is 77.7 cm³/mol. The molecule has 0 aromatic heterocycles. The zero-order valence-corrected chi connectivity index (χ0v) is 13.1. The first kappa shape index (κ1) is 15.7. The van der Waals surface area contributed by atoms with Crippen LogP contribution in [-0.2, 0) is 15.9 Å². The van der Waals surface area contributed by atoms with Crippen LogP contribution in [0, 0.1) is 0 Å². The highest BCUT2D eigenvalue weighted by atomic mass is 35.5. The second-order valence-corrected chi connectivity index (χ2v) is 7.74. The van der Waals surface area contributed by atoms with E-state index in [9.17, 15) is 12.8 Å². The molecule has 20 heavy (non-hydrogen) atoms. The average Bonchev–Trinajstić information content (AvgIpc) is 2.39. The van der Waals surface area contributed by atoms with Gasteiger partial charge in [-0.25, -0.2) is 4.39 Å². The van der Waals surface area contributed by atoms with Crippen LogP contribution in [0.25, 0.3) is 0 Å². The summed E-state index contributed by atoms with van der Waals surface area (Å²) in [5.41, 5.74) is -0.924. The Morgan fingerprint density at radius 3 is 2.15 bits per heavy atom. The van der Waals surface area contributed by atoms with E-state index in [4.69, 9.17) is 11.6 Å². The molecule has 1 heterocycles. The number of piperidine rings is 1. The highest BCUT2D eigenvalue weighted by Gasteiger charge is 2.40. The summed E-state index contributed by atoms with van der Waals surface area (Å²) in [6, 6.07) is 6.64. The first-order valence-electron chi connectivity index (χ1n) is 6.38. The third-order valence-corrected chi connectivity index (χ3v) is 5.86. The van der Waals surface area contributed by atoms with Crippen LogP contribution in [0.1, 0.15) is 18.4 Å². The molecule has 1 saturated heterocycles. The number of hydrogen-bond donors (Lipinski definition) is 0. The summed E-state index contributed by atoms with van der Waals surface area (Å²) < 4.78 is 41.4. The summed E-state index contributed by atoms with van der Waals surface area (Å²) in [5.74, 6) is 0. The molecule has 1 aliphatic heterocycles. The van der Waals surface area contributed by atoms with Crippen LogP contribution < -0.4 is 0 Å². The van der Waals surface area contributed by atoms with Crippen molar-refractivity contribution in [3.63, 3.8) is 0 Å². The Morgan fingerprint density at radius 1 is 1.20 bits per heavy atom. The lowest BCUT2D eigenvalue weighted by atomic mass is 9.87. The highest BCUT2D eigenvalue weighted by Crippen LogP contribution is 2.38. The minimum absolute atomic E-state index is 0.154. The maximum Gasteiger partial charge on any atom is 0.281 e. The summed E-state index contributed by atoms with van der Waals surface area (Å²) in [7, 11) is -0.504.